The summed E-state index contributed by atoms with van der Waals surface area (Å²) in [5.74, 6) is -0.641. The van der Waals surface area contributed by atoms with Gasteiger partial charge in [0.2, 0.25) is 10.0 Å². The monoisotopic (exact) mass is 290 g/mol. The molecule has 0 bridgehead atoms. The molecule has 1 aromatic rings. The van der Waals surface area contributed by atoms with E-state index >= 15 is 0 Å². The minimum atomic E-state index is -3.79. The van der Waals surface area contributed by atoms with Gasteiger partial charge in [-0.05, 0) is 32.9 Å². The summed E-state index contributed by atoms with van der Waals surface area (Å²) >= 11 is 0. The number of hydrogen-bond acceptors (Lipinski definition) is 4. The van der Waals surface area contributed by atoms with Gasteiger partial charge in [-0.25, -0.2) is 17.5 Å². The zero-order valence-corrected chi connectivity index (χ0v) is 12.1. The second-order valence-electron chi connectivity index (χ2n) is 4.24. The van der Waals surface area contributed by atoms with Crippen LogP contribution in [0.2, 0.25) is 0 Å². The Morgan fingerprint density at radius 2 is 2.11 bits per heavy atom. The lowest BCUT2D eigenvalue weighted by atomic mass is 10.2. The van der Waals surface area contributed by atoms with Crippen molar-refractivity contribution in [3.05, 3.63) is 23.5 Å². The molecule has 1 aromatic carbocycles. The van der Waals surface area contributed by atoms with Crippen LogP contribution in [0, 0.1) is 12.7 Å². The SMILES string of the molecule is CCOC(C)CNS(=O)(=O)c1cc(N)c(C)c(F)c1. The van der Waals surface area contributed by atoms with Gasteiger partial charge in [0.05, 0.1) is 11.0 Å². The minimum absolute atomic E-state index is 0.109. The summed E-state index contributed by atoms with van der Waals surface area (Å²) in [4.78, 5) is -0.184. The zero-order chi connectivity index (χ0) is 14.6. The highest BCUT2D eigenvalue weighted by Crippen LogP contribution is 2.20. The van der Waals surface area contributed by atoms with Gasteiger partial charge >= 0.3 is 0 Å². The van der Waals surface area contributed by atoms with Crippen LogP contribution in [-0.2, 0) is 14.8 Å². The molecule has 0 spiro atoms. The maximum absolute atomic E-state index is 13.5. The molecule has 0 aliphatic rings. The number of nitrogens with one attached hydrogen (secondary N) is 1. The molecule has 108 valence electrons. The summed E-state index contributed by atoms with van der Waals surface area (Å²) < 4.78 is 45.0. The van der Waals surface area contributed by atoms with Crippen molar-refractivity contribution in [3.63, 3.8) is 0 Å². The highest BCUT2D eigenvalue weighted by molar-refractivity contribution is 7.89. The van der Waals surface area contributed by atoms with Crippen LogP contribution in [0.4, 0.5) is 10.1 Å². The van der Waals surface area contributed by atoms with E-state index in [1.54, 1.807) is 6.92 Å². The Morgan fingerprint density at radius 1 is 1.47 bits per heavy atom. The summed E-state index contributed by atoms with van der Waals surface area (Å²) in [5.41, 5.74) is 5.91. The number of sulfonamides is 1. The van der Waals surface area contributed by atoms with Crippen molar-refractivity contribution in [2.75, 3.05) is 18.9 Å². The molecule has 0 aliphatic carbocycles. The van der Waals surface area contributed by atoms with Gasteiger partial charge in [0, 0.05) is 24.4 Å². The third-order valence-electron chi connectivity index (χ3n) is 2.68. The Hall–Kier alpha value is -1.18. The van der Waals surface area contributed by atoms with E-state index in [4.69, 9.17) is 10.5 Å². The number of anilines is 1. The third-order valence-corrected chi connectivity index (χ3v) is 4.08. The van der Waals surface area contributed by atoms with Gasteiger partial charge in [-0.1, -0.05) is 0 Å². The van der Waals surface area contributed by atoms with Gasteiger partial charge in [-0.15, -0.1) is 0 Å². The number of rotatable bonds is 6. The molecule has 0 saturated carbocycles. The summed E-state index contributed by atoms with van der Waals surface area (Å²) in [7, 11) is -3.79. The fraction of sp³-hybridized carbons (Fsp3) is 0.500. The molecular formula is C12H19FN2O3S. The Balaban J connectivity index is 2.89. The highest BCUT2D eigenvalue weighted by atomic mass is 32.2. The predicted octanol–water partition coefficient (Wildman–Crippen LogP) is 1.42. The molecule has 19 heavy (non-hydrogen) atoms. The molecule has 3 N–H and O–H groups in total. The first kappa shape index (κ1) is 15.9. The molecule has 0 aliphatic heterocycles. The molecule has 0 heterocycles. The maximum Gasteiger partial charge on any atom is 0.240 e. The lowest BCUT2D eigenvalue weighted by molar-refractivity contribution is 0.0799. The van der Waals surface area contributed by atoms with Crippen LogP contribution in [0.15, 0.2) is 17.0 Å². The summed E-state index contributed by atoms with van der Waals surface area (Å²) in [6.07, 6.45) is -0.257. The van der Waals surface area contributed by atoms with Crippen LogP contribution in [0.25, 0.3) is 0 Å². The fourth-order valence-electron chi connectivity index (χ4n) is 1.48. The minimum Gasteiger partial charge on any atom is -0.398 e. The molecule has 0 saturated heterocycles. The van der Waals surface area contributed by atoms with E-state index < -0.39 is 15.8 Å². The van der Waals surface area contributed by atoms with Crippen molar-refractivity contribution in [1.29, 1.82) is 0 Å². The number of halogens is 1. The number of nitrogens with two attached hydrogens (primary N) is 1. The quantitative estimate of drug-likeness (QED) is 0.776. The van der Waals surface area contributed by atoms with Gasteiger partial charge in [-0.2, -0.15) is 0 Å². The average Bonchev–Trinajstić information content (AvgIpc) is 2.33. The lowest BCUT2D eigenvalue weighted by Gasteiger charge is -2.13. The molecular weight excluding hydrogens is 271 g/mol. The Morgan fingerprint density at radius 3 is 2.63 bits per heavy atom. The topological polar surface area (TPSA) is 81.4 Å². The fourth-order valence-corrected chi connectivity index (χ4v) is 2.64. The molecule has 0 fully saturated rings. The second kappa shape index (κ2) is 6.31. The Kier molecular flexibility index (Phi) is 5.28. The molecule has 1 unspecified atom stereocenters. The normalized spacial score (nSPS) is 13.5. The maximum atomic E-state index is 13.5. The summed E-state index contributed by atoms with van der Waals surface area (Å²) in [6.45, 7) is 5.67. The van der Waals surface area contributed by atoms with Crippen molar-refractivity contribution >= 4 is 15.7 Å². The second-order valence-corrected chi connectivity index (χ2v) is 6.00. The van der Waals surface area contributed by atoms with Crippen LogP contribution < -0.4 is 10.5 Å². The van der Waals surface area contributed by atoms with Gasteiger partial charge < -0.3 is 10.5 Å². The molecule has 0 aromatic heterocycles. The van der Waals surface area contributed by atoms with Gasteiger partial charge in [0.1, 0.15) is 5.82 Å². The van der Waals surface area contributed by atoms with Crippen LogP contribution in [0.5, 0.6) is 0 Å². The first-order chi connectivity index (χ1) is 8.77. The number of benzene rings is 1. The zero-order valence-electron chi connectivity index (χ0n) is 11.2. The average molecular weight is 290 g/mol. The largest absolute Gasteiger partial charge is 0.398 e. The van der Waals surface area contributed by atoms with Crippen molar-refractivity contribution in [2.24, 2.45) is 0 Å². The number of nitrogen functional groups attached to an aromatic ring is 1. The predicted molar refractivity (Wildman–Crippen MR) is 71.8 cm³/mol. The first-order valence-corrected chi connectivity index (χ1v) is 7.43. The van der Waals surface area contributed by atoms with E-state index in [1.807, 2.05) is 6.92 Å². The van der Waals surface area contributed by atoms with Crippen molar-refractivity contribution in [1.82, 2.24) is 4.72 Å². The third kappa shape index (κ3) is 4.15. The van der Waals surface area contributed by atoms with E-state index in [1.165, 1.54) is 13.0 Å². The van der Waals surface area contributed by atoms with Crippen LogP contribution in [0.3, 0.4) is 0 Å². The van der Waals surface area contributed by atoms with Gasteiger partial charge in [0.25, 0.3) is 0 Å². The van der Waals surface area contributed by atoms with E-state index in [2.05, 4.69) is 4.72 Å². The van der Waals surface area contributed by atoms with Crippen LogP contribution >= 0.6 is 0 Å². The molecule has 5 nitrogen and oxygen atoms in total. The molecule has 1 atom stereocenters. The summed E-state index contributed by atoms with van der Waals surface area (Å²) in [6, 6.07) is 2.20. The Bertz CT molecular complexity index is 523. The first-order valence-electron chi connectivity index (χ1n) is 5.94. The number of ether oxygens (including phenoxy) is 1. The van der Waals surface area contributed by atoms with E-state index in [9.17, 15) is 12.8 Å². The van der Waals surface area contributed by atoms with Crippen LogP contribution in [0.1, 0.15) is 19.4 Å². The summed E-state index contributed by atoms with van der Waals surface area (Å²) in [5, 5.41) is 0. The van der Waals surface area contributed by atoms with Crippen LogP contribution in [-0.4, -0.2) is 27.7 Å². The lowest BCUT2D eigenvalue weighted by Crippen LogP contribution is -2.32. The van der Waals surface area contributed by atoms with Gasteiger partial charge in [0.15, 0.2) is 0 Å². The van der Waals surface area contributed by atoms with E-state index in [0.717, 1.165) is 6.07 Å². The Labute approximate surface area is 113 Å². The van der Waals surface area contributed by atoms with Crippen molar-refractivity contribution < 1.29 is 17.5 Å². The van der Waals surface area contributed by atoms with E-state index in [0.29, 0.717) is 6.61 Å². The molecule has 1 rings (SSSR count). The standard InChI is InChI=1S/C12H19FN2O3S/c1-4-18-8(2)7-15-19(16,17)10-5-11(13)9(3)12(14)6-10/h5-6,8,15H,4,7,14H2,1-3H3. The van der Waals surface area contributed by atoms with E-state index in [-0.39, 0.29) is 28.8 Å². The smallest absolute Gasteiger partial charge is 0.240 e. The van der Waals surface area contributed by atoms with Crippen molar-refractivity contribution in [3.8, 4) is 0 Å². The molecule has 7 heteroatoms. The van der Waals surface area contributed by atoms with Gasteiger partial charge in [-0.3, -0.25) is 0 Å². The molecule has 0 amide bonds. The molecule has 0 radical (unpaired) electrons. The van der Waals surface area contributed by atoms with Crippen molar-refractivity contribution in [2.45, 2.75) is 31.8 Å². The highest BCUT2D eigenvalue weighted by Gasteiger charge is 2.18. The number of hydrogen-bond donors (Lipinski definition) is 2.